The van der Waals surface area contributed by atoms with Crippen LogP contribution in [0.25, 0.3) is 0 Å². The van der Waals surface area contributed by atoms with E-state index >= 15 is 0 Å². The zero-order chi connectivity index (χ0) is 33.9. The molecule has 0 saturated heterocycles. The molecule has 0 bridgehead atoms. The van der Waals surface area contributed by atoms with Crippen LogP contribution < -0.4 is 10.6 Å². The Hall–Kier alpha value is -3.48. The lowest BCUT2D eigenvalue weighted by Gasteiger charge is -2.36. The Labute approximate surface area is 283 Å². The van der Waals surface area contributed by atoms with Gasteiger partial charge in [-0.25, -0.2) is 8.78 Å². The van der Waals surface area contributed by atoms with E-state index in [1.165, 1.54) is 6.07 Å². The third-order valence-corrected chi connectivity index (χ3v) is 9.24. The fourth-order valence-electron chi connectivity index (χ4n) is 6.66. The van der Waals surface area contributed by atoms with E-state index in [4.69, 9.17) is 0 Å². The quantitative estimate of drug-likeness (QED) is 0.166. The topological polar surface area (TPSA) is 86.6 Å². The van der Waals surface area contributed by atoms with Crippen molar-refractivity contribution in [3.63, 3.8) is 0 Å². The molecule has 2 aliphatic rings. The highest BCUT2D eigenvalue weighted by Crippen LogP contribution is 2.46. The van der Waals surface area contributed by atoms with Gasteiger partial charge in [0.15, 0.2) is 0 Å². The van der Waals surface area contributed by atoms with Crippen molar-refractivity contribution in [2.24, 2.45) is 0 Å². The number of carbonyl (C=O) groups is 2. The minimum absolute atomic E-state index is 0. The standard InChI is InChI=1S/C35H41F5N4O3.ClH/c1-3-6-27(7-4-2)43-14-15-44-29(10-11-30(44)33(43)47)32(46)42-28(18-22-16-25(36)20-26(37)17-22)31(45)21-41-34(12-13-34)23-8-5-9-24(19-23)35(38,39)40;/h5,8-11,16-17,19-20,27-28,31,41,45H,3-4,6-7,12-15,18,21H2,1-2H3,(H,42,46);1H/t28-,31+;/m0./s1. The summed E-state index contributed by atoms with van der Waals surface area (Å²) < 4.78 is 69.9. The zero-order valence-corrected chi connectivity index (χ0v) is 27.8. The van der Waals surface area contributed by atoms with Crippen LogP contribution >= 0.6 is 12.4 Å². The molecule has 0 unspecified atom stereocenters. The van der Waals surface area contributed by atoms with Gasteiger partial charge >= 0.3 is 6.18 Å². The summed E-state index contributed by atoms with van der Waals surface area (Å²) in [6, 6.07) is 10.2. The number of amides is 2. The summed E-state index contributed by atoms with van der Waals surface area (Å²) in [5.41, 5.74) is -0.305. The molecule has 1 aromatic heterocycles. The molecule has 262 valence electrons. The second kappa shape index (κ2) is 15.4. The Morgan fingerprint density at radius 1 is 0.979 bits per heavy atom. The van der Waals surface area contributed by atoms with Gasteiger partial charge in [0.1, 0.15) is 23.0 Å². The van der Waals surface area contributed by atoms with Crippen LogP contribution in [0.3, 0.4) is 0 Å². The first kappa shape index (κ1) is 37.3. The van der Waals surface area contributed by atoms with Crippen molar-refractivity contribution in [3.05, 3.63) is 94.3 Å². The second-order valence-corrected chi connectivity index (χ2v) is 12.7. The van der Waals surface area contributed by atoms with Crippen LogP contribution in [0, 0.1) is 11.6 Å². The van der Waals surface area contributed by atoms with Crippen LogP contribution in [0.4, 0.5) is 22.0 Å². The van der Waals surface area contributed by atoms with E-state index in [0.717, 1.165) is 56.0 Å². The number of aromatic nitrogens is 1. The Kier molecular flexibility index (Phi) is 12.0. The molecule has 48 heavy (non-hydrogen) atoms. The van der Waals surface area contributed by atoms with Gasteiger partial charge in [-0.1, -0.05) is 38.8 Å². The molecule has 0 radical (unpaired) electrons. The number of hydrogen-bond donors (Lipinski definition) is 3. The lowest BCUT2D eigenvalue weighted by Crippen LogP contribution is -2.51. The van der Waals surface area contributed by atoms with Gasteiger partial charge in [0.05, 0.1) is 17.7 Å². The fraction of sp³-hybridized carbons (Fsp3) is 0.486. The molecule has 2 amide bonds. The number of nitrogens with one attached hydrogen (secondary N) is 2. The average molecular weight is 697 g/mol. The number of carbonyl (C=O) groups excluding carboxylic acids is 2. The molecule has 1 aliphatic carbocycles. The summed E-state index contributed by atoms with van der Waals surface area (Å²) in [4.78, 5) is 29.0. The molecule has 7 nitrogen and oxygen atoms in total. The third-order valence-electron chi connectivity index (χ3n) is 9.24. The Morgan fingerprint density at radius 3 is 2.25 bits per heavy atom. The van der Waals surface area contributed by atoms with Crippen molar-refractivity contribution in [3.8, 4) is 0 Å². The van der Waals surface area contributed by atoms with E-state index in [1.54, 1.807) is 22.8 Å². The van der Waals surface area contributed by atoms with Crippen molar-refractivity contribution in [1.82, 2.24) is 20.1 Å². The highest BCUT2D eigenvalue weighted by Gasteiger charge is 2.45. The van der Waals surface area contributed by atoms with Crippen molar-refractivity contribution < 1.29 is 36.6 Å². The molecule has 3 aromatic rings. The smallest absolute Gasteiger partial charge is 0.390 e. The Morgan fingerprint density at radius 2 is 1.65 bits per heavy atom. The largest absolute Gasteiger partial charge is 0.416 e. The predicted molar refractivity (Wildman–Crippen MR) is 174 cm³/mol. The molecule has 1 saturated carbocycles. The van der Waals surface area contributed by atoms with Gasteiger partial charge in [-0.15, -0.1) is 12.4 Å². The van der Waals surface area contributed by atoms with E-state index < -0.39 is 47.0 Å². The fourth-order valence-corrected chi connectivity index (χ4v) is 6.66. The number of aliphatic hydroxyl groups is 1. The first-order chi connectivity index (χ1) is 22.3. The first-order valence-corrected chi connectivity index (χ1v) is 16.2. The Bertz CT molecular complexity index is 1570. The lowest BCUT2D eigenvalue weighted by atomic mass is 9.98. The van der Waals surface area contributed by atoms with Crippen molar-refractivity contribution >= 4 is 24.2 Å². The van der Waals surface area contributed by atoms with Crippen LogP contribution in [0.15, 0.2) is 54.6 Å². The maximum absolute atomic E-state index is 14.1. The SMILES string of the molecule is CCCC(CCC)N1CCn2c(C(=O)N[C@@H](Cc3cc(F)cc(F)c3)[C@H](O)CNC3(c4cccc(C(F)(F)F)c4)CC3)ccc2C1=O.Cl. The van der Waals surface area contributed by atoms with E-state index in [0.29, 0.717) is 37.2 Å². The molecule has 5 rings (SSSR count). The molecule has 1 aliphatic heterocycles. The van der Waals surface area contributed by atoms with Crippen molar-refractivity contribution in [2.45, 2.75) is 95.2 Å². The van der Waals surface area contributed by atoms with Crippen molar-refractivity contribution in [2.75, 3.05) is 13.1 Å². The van der Waals surface area contributed by atoms with E-state index in [1.807, 2.05) is 4.90 Å². The van der Waals surface area contributed by atoms with Crippen LogP contribution in [-0.2, 0) is 24.7 Å². The van der Waals surface area contributed by atoms with E-state index in [9.17, 15) is 36.6 Å². The minimum Gasteiger partial charge on any atom is -0.390 e. The summed E-state index contributed by atoms with van der Waals surface area (Å²) in [6.07, 6.45) is -1.17. The molecular formula is C35H42ClF5N4O3. The number of alkyl halides is 3. The number of nitrogens with zero attached hydrogens (tertiary/aromatic N) is 2. The van der Waals surface area contributed by atoms with E-state index in [-0.39, 0.29) is 48.6 Å². The van der Waals surface area contributed by atoms with Gasteiger partial charge in [-0.2, -0.15) is 13.2 Å². The molecule has 1 fully saturated rings. The van der Waals surface area contributed by atoms with E-state index in [2.05, 4.69) is 24.5 Å². The van der Waals surface area contributed by atoms with Gasteiger partial charge in [0.2, 0.25) is 0 Å². The maximum Gasteiger partial charge on any atom is 0.416 e. The predicted octanol–water partition coefficient (Wildman–Crippen LogP) is 6.61. The minimum atomic E-state index is -4.51. The normalized spacial score (nSPS) is 16.7. The Balaban J connectivity index is 0.00000520. The number of halogens is 6. The summed E-state index contributed by atoms with van der Waals surface area (Å²) in [5, 5.41) is 17.3. The number of fused-ring (bicyclic) bond motifs is 1. The van der Waals surface area contributed by atoms with Crippen LogP contribution in [0.2, 0.25) is 0 Å². The summed E-state index contributed by atoms with van der Waals surface area (Å²) in [7, 11) is 0. The molecule has 2 heterocycles. The van der Waals surface area contributed by atoms with Crippen LogP contribution in [0.5, 0.6) is 0 Å². The van der Waals surface area contributed by atoms with Crippen LogP contribution in [-0.4, -0.2) is 57.7 Å². The van der Waals surface area contributed by atoms with Gasteiger partial charge in [-0.05, 0) is 79.6 Å². The molecular weight excluding hydrogens is 655 g/mol. The first-order valence-electron chi connectivity index (χ1n) is 16.2. The summed E-state index contributed by atoms with van der Waals surface area (Å²) >= 11 is 0. The maximum atomic E-state index is 14.1. The molecule has 0 spiro atoms. The molecule has 2 aromatic carbocycles. The highest BCUT2D eigenvalue weighted by atomic mass is 35.5. The number of rotatable bonds is 14. The lowest BCUT2D eigenvalue weighted by molar-refractivity contribution is -0.137. The van der Waals surface area contributed by atoms with Gasteiger partial charge in [0, 0.05) is 37.3 Å². The highest BCUT2D eigenvalue weighted by molar-refractivity contribution is 5.99. The number of aliphatic hydroxyl groups excluding tert-OH is 1. The molecule has 2 atom stereocenters. The molecule has 3 N–H and O–H groups in total. The van der Waals surface area contributed by atoms with Gasteiger partial charge < -0.3 is 25.2 Å². The third kappa shape index (κ3) is 8.38. The summed E-state index contributed by atoms with van der Waals surface area (Å²) in [6.45, 7) is 4.90. The number of hydrogen-bond acceptors (Lipinski definition) is 4. The zero-order valence-electron chi connectivity index (χ0n) is 27.0. The van der Waals surface area contributed by atoms with Gasteiger partial charge in [0.25, 0.3) is 11.8 Å². The van der Waals surface area contributed by atoms with Crippen LogP contribution in [0.1, 0.15) is 90.0 Å². The monoisotopic (exact) mass is 696 g/mol. The average Bonchev–Trinajstić information content (AvgIpc) is 3.68. The number of benzene rings is 2. The second-order valence-electron chi connectivity index (χ2n) is 12.7. The van der Waals surface area contributed by atoms with Crippen molar-refractivity contribution in [1.29, 1.82) is 0 Å². The van der Waals surface area contributed by atoms with Gasteiger partial charge in [-0.3, -0.25) is 9.59 Å². The summed E-state index contributed by atoms with van der Waals surface area (Å²) in [5.74, 6) is -2.35. The molecule has 13 heteroatoms.